The molecule has 9 nitrogen and oxygen atoms in total. The average molecular weight is 505 g/mol. The number of pyridine rings is 1. The van der Waals surface area contributed by atoms with Crippen LogP contribution in [0.15, 0.2) is 61.1 Å². The number of halogens is 4. The molecule has 0 bridgehead atoms. The fraction of sp³-hybridized carbons (Fsp3) is 0. The Labute approximate surface area is 200 Å². The lowest BCUT2D eigenvalue weighted by Crippen LogP contribution is -2.18. The van der Waals surface area contributed by atoms with E-state index < -0.39 is 23.6 Å². The maximum Gasteiger partial charge on any atom is 0.426 e. The molecule has 13 heteroatoms. The van der Waals surface area contributed by atoms with Crippen molar-refractivity contribution in [1.82, 2.24) is 20.0 Å². The summed E-state index contributed by atoms with van der Waals surface area (Å²) in [5, 5.41) is 19.7. The zero-order valence-electron chi connectivity index (χ0n) is 16.8. The van der Waals surface area contributed by atoms with E-state index in [1.807, 2.05) is 0 Å². The van der Waals surface area contributed by atoms with Crippen molar-refractivity contribution in [3.63, 3.8) is 0 Å². The van der Waals surface area contributed by atoms with Gasteiger partial charge < -0.3 is 10.4 Å². The minimum atomic E-state index is -1.58. The molecular weight excluding hydrogens is 493 g/mol. The predicted molar refractivity (Wildman–Crippen MR) is 120 cm³/mol. The number of hydrogen-bond donors (Lipinski definition) is 2. The summed E-state index contributed by atoms with van der Waals surface area (Å²) in [7, 11) is 0. The van der Waals surface area contributed by atoms with Gasteiger partial charge in [-0.15, -0.1) is 4.80 Å². The molecule has 0 atom stereocenters. The topological polar surface area (TPSA) is 113 Å². The number of aromatic nitrogens is 4. The van der Waals surface area contributed by atoms with Gasteiger partial charge in [-0.3, -0.25) is 4.79 Å². The molecule has 0 saturated carbocycles. The predicted octanol–water partition coefficient (Wildman–Crippen LogP) is 5.15. The van der Waals surface area contributed by atoms with Crippen molar-refractivity contribution in [2.24, 2.45) is 0 Å². The van der Waals surface area contributed by atoms with Crippen molar-refractivity contribution in [3.05, 3.63) is 83.3 Å². The second-order valence-electron chi connectivity index (χ2n) is 6.72. The molecule has 0 aliphatic heterocycles. The lowest BCUT2D eigenvalue weighted by Gasteiger charge is -2.16. The van der Waals surface area contributed by atoms with Crippen molar-refractivity contribution in [3.8, 4) is 16.9 Å². The zero-order valence-corrected chi connectivity index (χ0v) is 18.3. The fourth-order valence-corrected chi connectivity index (χ4v) is 3.43. The van der Waals surface area contributed by atoms with E-state index in [-0.39, 0.29) is 43.3 Å². The van der Waals surface area contributed by atoms with E-state index in [0.717, 1.165) is 18.2 Å². The van der Waals surface area contributed by atoms with E-state index in [4.69, 9.17) is 28.5 Å². The van der Waals surface area contributed by atoms with Crippen LogP contribution in [0.1, 0.15) is 10.4 Å². The van der Waals surface area contributed by atoms with Crippen molar-refractivity contribution in [1.29, 1.82) is 0 Å². The molecule has 2 aromatic heterocycles. The third kappa shape index (κ3) is 4.65. The molecule has 0 radical (unpaired) electrons. The third-order valence-electron chi connectivity index (χ3n) is 4.55. The Bertz CT molecular complexity index is 1400. The number of benzene rings is 2. The highest BCUT2D eigenvalue weighted by atomic mass is 35.5. The van der Waals surface area contributed by atoms with Gasteiger partial charge in [0.15, 0.2) is 5.82 Å². The number of nitrogens with one attached hydrogen (secondary N) is 1. The number of hydrogen-bond acceptors (Lipinski definition) is 5. The summed E-state index contributed by atoms with van der Waals surface area (Å²) < 4.78 is 28.8. The molecular formula is C21H12Cl2F2N6O3. The van der Waals surface area contributed by atoms with E-state index in [0.29, 0.717) is 0 Å². The number of rotatable bonds is 5. The highest BCUT2D eigenvalue weighted by molar-refractivity contribution is 6.36. The first-order chi connectivity index (χ1) is 16.2. The van der Waals surface area contributed by atoms with Crippen molar-refractivity contribution < 1.29 is 23.5 Å². The lowest BCUT2D eigenvalue weighted by molar-refractivity contribution is 0.102. The number of carbonyl (C=O) groups excluding carboxylic acids is 1. The van der Waals surface area contributed by atoms with Gasteiger partial charge in [0.05, 0.1) is 35.0 Å². The molecule has 4 aromatic rings. The molecule has 34 heavy (non-hydrogen) atoms. The molecule has 2 N–H and O–H groups in total. The normalized spacial score (nSPS) is 10.7. The van der Waals surface area contributed by atoms with Gasteiger partial charge in [0, 0.05) is 28.5 Å². The minimum Gasteiger partial charge on any atom is -0.464 e. The molecule has 2 aromatic carbocycles. The first-order valence-electron chi connectivity index (χ1n) is 9.36. The van der Waals surface area contributed by atoms with Gasteiger partial charge in [-0.25, -0.2) is 18.6 Å². The Hall–Kier alpha value is -4.09. The van der Waals surface area contributed by atoms with E-state index in [2.05, 4.69) is 20.5 Å². The van der Waals surface area contributed by atoms with Crippen LogP contribution in [0.4, 0.5) is 25.0 Å². The first-order valence-corrected chi connectivity index (χ1v) is 10.1. The molecule has 0 unspecified atom stereocenters. The molecule has 0 saturated heterocycles. The quantitative estimate of drug-likeness (QED) is 0.363. The Kier molecular flexibility index (Phi) is 6.39. The summed E-state index contributed by atoms with van der Waals surface area (Å²) in [6, 6.07) is 8.03. The van der Waals surface area contributed by atoms with Crippen molar-refractivity contribution in [2.45, 2.75) is 0 Å². The number of nitrogens with zero attached hydrogens (tertiary/aromatic N) is 5. The minimum absolute atomic E-state index is 0.0158. The highest BCUT2D eigenvalue weighted by Gasteiger charge is 2.21. The molecule has 0 spiro atoms. The summed E-state index contributed by atoms with van der Waals surface area (Å²) in [6.45, 7) is 0. The van der Waals surface area contributed by atoms with Gasteiger partial charge in [-0.05, 0) is 36.4 Å². The summed E-state index contributed by atoms with van der Waals surface area (Å²) >= 11 is 11.9. The third-order valence-corrected chi connectivity index (χ3v) is 5.15. The van der Waals surface area contributed by atoms with Gasteiger partial charge in [0.25, 0.3) is 5.91 Å². The van der Waals surface area contributed by atoms with E-state index in [1.54, 1.807) is 0 Å². The summed E-state index contributed by atoms with van der Waals surface area (Å²) in [5.41, 5.74) is -0.144. The summed E-state index contributed by atoms with van der Waals surface area (Å²) in [4.78, 5) is 29.1. The van der Waals surface area contributed by atoms with Gasteiger partial charge in [-0.2, -0.15) is 14.6 Å². The van der Waals surface area contributed by atoms with Crippen molar-refractivity contribution in [2.75, 3.05) is 9.74 Å². The standard InChI is InChI=1S/C21H12Cl2F2N6O3/c22-16-9-13(10-26-19(16)31-27-5-6-28-31)29-20(32)11-1-3-14(17(25)7-11)15-4-2-12(24)8-18(15)30(23)21(33)34/h1-10H,(H,29,32)(H,33,34). The number of anilines is 2. The van der Waals surface area contributed by atoms with Crippen LogP contribution in [0.3, 0.4) is 0 Å². The Morgan fingerprint density at radius 1 is 1.03 bits per heavy atom. The summed E-state index contributed by atoms with van der Waals surface area (Å²) in [5.74, 6) is -2.02. The van der Waals surface area contributed by atoms with Gasteiger partial charge >= 0.3 is 6.09 Å². The maximum absolute atomic E-state index is 14.9. The monoisotopic (exact) mass is 504 g/mol. The van der Waals surface area contributed by atoms with E-state index in [1.165, 1.54) is 47.7 Å². The largest absolute Gasteiger partial charge is 0.464 e. The second-order valence-corrected chi connectivity index (χ2v) is 7.47. The molecule has 2 amide bonds. The second kappa shape index (κ2) is 9.41. The molecule has 0 fully saturated rings. The smallest absolute Gasteiger partial charge is 0.426 e. The fourth-order valence-electron chi connectivity index (χ4n) is 3.05. The van der Waals surface area contributed by atoms with Crippen LogP contribution in [0.2, 0.25) is 5.02 Å². The van der Waals surface area contributed by atoms with E-state index in [9.17, 15) is 18.4 Å². The van der Waals surface area contributed by atoms with Gasteiger partial charge in [0.2, 0.25) is 0 Å². The van der Waals surface area contributed by atoms with Crippen LogP contribution < -0.4 is 9.74 Å². The molecule has 4 rings (SSSR count). The SMILES string of the molecule is O=C(Nc1cnc(-n2nccn2)c(Cl)c1)c1ccc(-c2ccc(F)cc2N(Cl)C(=O)O)c(F)c1. The first kappa shape index (κ1) is 23.1. The summed E-state index contributed by atoms with van der Waals surface area (Å²) in [6.07, 6.45) is 2.66. The van der Waals surface area contributed by atoms with E-state index >= 15 is 0 Å². The van der Waals surface area contributed by atoms with Crippen LogP contribution in [0, 0.1) is 11.6 Å². The average Bonchev–Trinajstić information content (AvgIpc) is 3.33. The number of amides is 2. The Balaban J connectivity index is 1.59. The van der Waals surface area contributed by atoms with Crippen LogP contribution in [0.25, 0.3) is 16.9 Å². The van der Waals surface area contributed by atoms with Crippen molar-refractivity contribution >= 4 is 46.8 Å². The van der Waals surface area contributed by atoms with Crippen LogP contribution in [-0.4, -0.2) is 37.1 Å². The Morgan fingerprint density at radius 2 is 1.74 bits per heavy atom. The molecule has 172 valence electrons. The lowest BCUT2D eigenvalue weighted by atomic mass is 10.0. The van der Waals surface area contributed by atoms with Gasteiger partial charge in [-0.1, -0.05) is 17.7 Å². The molecule has 2 heterocycles. The van der Waals surface area contributed by atoms with Gasteiger partial charge in [0.1, 0.15) is 11.6 Å². The number of carboxylic acid groups (broad SMARTS) is 1. The molecule has 0 aliphatic carbocycles. The Morgan fingerprint density at radius 3 is 2.38 bits per heavy atom. The van der Waals surface area contributed by atoms with Crippen LogP contribution in [-0.2, 0) is 0 Å². The highest BCUT2D eigenvalue weighted by Crippen LogP contribution is 2.35. The van der Waals surface area contributed by atoms with Crippen LogP contribution in [0.5, 0.6) is 0 Å². The number of carbonyl (C=O) groups is 2. The maximum atomic E-state index is 14.9. The molecule has 0 aliphatic rings. The zero-order chi connectivity index (χ0) is 24.4. The van der Waals surface area contributed by atoms with Crippen LogP contribution >= 0.6 is 23.4 Å².